The summed E-state index contributed by atoms with van der Waals surface area (Å²) in [6.07, 6.45) is 4.92. The van der Waals surface area contributed by atoms with Crippen molar-refractivity contribution in [2.24, 2.45) is 5.84 Å². The third-order valence-corrected chi connectivity index (χ3v) is 4.84. The molecule has 26 heavy (non-hydrogen) atoms. The highest BCUT2D eigenvalue weighted by atomic mass is 16.5. The van der Waals surface area contributed by atoms with Crippen LogP contribution in [0.3, 0.4) is 0 Å². The van der Waals surface area contributed by atoms with E-state index in [4.69, 9.17) is 16.3 Å². The summed E-state index contributed by atoms with van der Waals surface area (Å²) in [5.41, 5.74) is 7.23. The number of anilines is 4. The predicted molar refractivity (Wildman–Crippen MR) is 105 cm³/mol. The minimum atomic E-state index is 0.353. The lowest BCUT2D eigenvalue weighted by atomic mass is 10.2. The van der Waals surface area contributed by atoms with Crippen molar-refractivity contribution < 1.29 is 4.74 Å². The fourth-order valence-electron chi connectivity index (χ4n) is 3.25. The van der Waals surface area contributed by atoms with Crippen molar-refractivity contribution in [1.82, 2.24) is 14.9 Å². The van der Waals surface area contributed by atoms with Crippen molar-refractivity contribution in [3.05, 3.63) is 30.5 Å². The highest BCUT2D eigenvalue weighted by Gasteiger charge is 2.26. The van der Waals surface area contributed by atoms with Gasteiger partial charge in [0.2, 0.25) is 5.95 Å². The molecule has 0 bridgehead atoms. The van der Waals surface area contributed by atoms with Crippen LogP contribution in [-0.4, -0.2) is 48.2 Å². The fourth-order valence-corrected chi connectivity index (χ4v) is 3.25. The number of hydrogen-bond acceptors (Lipinski definition) is 8. The number of nitrogens with one attached hydrogen (secondary N) is 1. The van der Waals surface area contributed by atoms with E-state index in [2.05, 4.69) is 34.3 Å². The fraction of sp³-hybridized carbons (Fsp3) is 0.444. The van der Waals surface area contributed by atoms with Gasteiger partial charge >= 0.3 is 0 Å². The smallest absolute Gasteiger partial charge is 0.225 e. The molecule has 1 aliphatic carbocycles. The van der Waals surface area contributed by atoms with Gasteiger partial charge in [0, 0.05) is 12.1 Å². The van der Waals surface area contributed by atoms with Crippen molar-refractivity contribution in [3.63, 3.8) is 0 Å². The Morgan fingerprint density at radius 1 is 1.19 bits per heavy atom. The first-order chi connectivity index (χ1) is 12.5. The zero-order valence-electron chi connectivity index (χ0n) is 15.5. The molecule has 8 heteroatoms. The predicted octanol–water partition coefficient (Wildman–Crippen LogP) is 1.97. The molecule has 1 saturated carbocycles. The maximum Gasteiger partial charge on any atom is 0.225 e. The van der Waals surface area contributed by atoms with E-state index in [-0.39, 0.29) is 0 Å². The van der Waals surface area contributed by atoms with Crippen LogP contribution < -0.4 is 26.6 Å². The Morgan fingerprint density at radius 3 is 2.54 bits per heavy atom. The maximum absolute atomic E-state index is 6.24. The van der Waals surface area contributed by atoms with Crippen molar-refractivity contribution in [2.75, 3.05) is 37.3 Å². The highest BCUT2D eigenvalue weighted by molar-refractivity contribution is 5.70. The first-order valence-corrected chi connectivity index (χ1v) is 8.72. The molecule has 0 aliphatic heterocycles. The van der Waals surface area contributed by atoms with Gasteiger partial charge in [0.05, 0.1) is 24.7 Å². The Kier molecular flexibility index (Phi) is 5.43. The van der Waals surface area contributed by atoms with Gasteiger partial charge in [-0.2, -0.15) is 4.98 Å². The highest BCUT2D eigenvalue weighted by Crippen LogP contribution is 2.29. The SMILES string of the molecule is COc1ccc(N(N)c2nc(NC3CCC(N(C)C)C3)ncc2N)cc1. The van der Waals surface area contributed by atoms with Crippen LogP contribution in [0.5, 0.6) is 5.75 Å². The molecule has 140 valence electrons. The van der Waals surface area contributed by atoms with Crippen molar-refractivity contribution >= 4 is 23.1 Å². The summed E-state index contributed by atoms with van der Waals surface area (Å²) in [5.74, 6) is 8.01. The standard InChI is InChI=1S/C18H27N7O/c1-24(2)14-5-4-12(10-14)22-18-21-11-16(19)17(23-18)25(20)13-6-8-15(26-3)9-7-13/h6-9,11-12,14H,4-5,10,19-20H2,1-3H3,(H,21,22,23). The molecule has 1 aliphatic rings. The first kappa shape index (κ1) is 18.2. The molecule has 1 aromatic heterocycles. The first-order valence-electron chi connectivity index (χ1n) is 8.72. The van der Waals surface area contributed by atoms with Gasteiger partial charge in [-0.15, -0.1) is 0 Å². The van der Waals surface area contributed by atoms with E-state index in [9.17, 15) is 0 Å². The Labute approximate surface area is 154 Å². The molecular formula is C18H27N7O. The minimum Gasteiger partial charge on any atom is -0.497 e. The summed E-state index contributed by atoms with van der Waals surface area (Å²) in [6.45, 7) is 0. The normalized spacial score (nSPS) is 19.6. The number of hydrogen-bond donors (Lipinski definition) is 3. The van der Waals surface area contributed by atoms with Gasteiger partial charge in [-0.25, -0.2) is 10.8 Å². The lowest BCUT2D eigenvalue weighted by Crippen LogP contribution is -2.29. The zero-order chi connectivity index (χ0) is 18.7. The zero-order valence-corrected chi connectivity index (χ0v) is 15.5. The molecule has 1 aromatic carbocycles. The summed E-state index contributed by atoms with van der Waals surface area (Å²) >= 11 is 0. The van der Waals surface area contributed by atoms with Crippen LogP contribution in [-0.2, 0) is 0 Å². The minimum absolute atomic E-state index is 0.353. The third-order valence-electron chi connectivity index (χ3n) is 4.84. The van der Waals surface area contributed by atoms with Crippen LogP contribution in [0.15, 0.2) is 30.5 Å². The molecule has 0 amide bonds. The number of nitrogens with zero attached hydrogens (tertiary/aromatic N) is 4. The molecule has 2 aromatic rings. The van der Waals surface area contributed by atoms with E-state index in [0.717, 1.165) is 24.3 Å². The Morgan fingerprint density at radius 2 is 1.92 bits per heavy atom. The number of hydrazine groups is 1. The van der Waals surface area contributed by atoms with Crippen LogP contribution >= 0.6 is 0 Å². The van der Waals surface area contributed by atoms with Gasteiger partial charge in [0.15, 0.2) is 5.82 Å². The molecule has 0 radical (unpaired) electrons. The molecule has 2 unspecified atom stereocenters. The summed E-state index contributed by atoms with van der Waals surface area (Å²) in [5, 5.41) is 4.87. The van der Waals surface area contributed by atoms with Crippen LogP contribution in [0.1, 0.15) is 19.3 Å². The molecule has 0 spiro atoms. The monoisotopic (exact) mass is 357 g/mol. The van der Waals surface area contributed by atoms with Gasteiger partial charge in [0.1, 0.15) is 5.75 Å². The number of nitrogen functional groups attached to an aromatic ring is 1. The van der Waals surface area contributed by atoms with E-state index in [1.165, 1.54) is 11.4 Å². The van der Waals surface area contributed by atoms with Crippen molar-refractivity contribution in [3.8, 4) is 5.75 Å². The molecule has 1 heterocycles. The Hall–Kier alpha value is -2.58. The Balaban J connectivity index is 1.74. The molecular weight excluding hydrogens is 330 g/mol. The van der Waals surface area contributed by atoms with Gasteiger partial charge in [-0.3, -0.25) is 5.01 Å². The average Bonchev–Trinajstić information content (AvgIpc) is 3.12. The third kappa shape index (κ3) is 3.97. The summed E-state index contributed by atoms with van der Waals surface area (Å²) < 4.78 is 5.17. The lowest BCUT2D eigenvalue weighted by molar-refractivity contribution is 0.297. The summed E-state index contributed by atoms with van der Waals surface area (Å²) in [4.78, 5) is 11.1. The van der Waals surface area contributed by atoms with E-state index < -0.39 is 0 Å². The van der Waals surface area contributed by atoms with E-state index in [1.54, 1.807) is 13.3 Å². The molecule has 3 rings (SSSR count). The Bertz CT molecular complexity index is 735. The van der Waals surface area contributed by atoms with E-state index >= 15 is 0 Å². The summed E-state index contributed by atoms with van der Waals surface area (Å²) in [6, 6.07) is 8.33. The number of rotatable bonds is 6. The molecule has 5 N–H and O–H groups in total. The van der Waals surface area contributed by atoms with Crippen molar-refractivity contribution in [2.45, 2.75) is 31.3 Å². The average molecular weight is 357 g/mol. The quantitative estimate of drug-likeness (QED) is 0.532. The van der Waals surface area contributed by atoms with Gasteiger partial charge in [-0.1, -0.05) is 0 Å². The van der Waals surface area contributed by atoms with Crippen LogP contribution in [0.4, 0.5) is 23.1 Å². The number of aromatic nitrogens is 2. The summed E-state index contributed by atoms with van der Waals surface area (Å²) in [7, 11) is 5.86. The van der Waals surface area contributed by atoms with Crippen LogP contribution in [0.25, 0.3) is 0 Å². The number of ether oxygens (including phenoxy) is 1. The molecule has 2 atom stereocenters. The molecule has 1 fully saturated rings. The second kappa shape index (κ2) is 7.76. The van der Waals surface area contributed by atoms with E-state index in [1.807, 2.05) is 24.3 Å². The largest absolute Gasteiger partial charge is 0.497 e. The molecule has 8 nitrogen and oxygen atoms in total. The second-order valence-electron chi connectivity index (χ2n) is 6.81. The number of nitrogens with two attached hydrogens (primary N) is 2. The van der Waals surface area contributed by atoms with Crippen molar-refractivity contribution in [1.29, 1.82) is 0 Å². The second-order valence-corrected chi connectivity index (χ2v) is 6.81. The maximum atomic E-state index is 6.24. The van der Waals surface area contributed by atoms with Crippen LogP contribution in [0, 0.1) is 0 Å². The lowest BCUT2D eigenvalue weighted by Gasteiger charge is -2.21. The molecule has 0 saturated heterocycles. The van der Waals surface area contributed by atoms with Gasteiger partial charge < -0.3 is 20.7 Å². The topological polar surface area (TPSA) is 106 Å². The number of benzene rings is 1. The number of methoxy groups -OCH3 is 1. The van der Waals surface area contributed by atoms with Gasteiger partial charge in [-0.05, 0) is 57.6 Å². The van der Waals surface area contributed by atoms with Gasteiger partial charge in [0.25, 0.3) is 0 Å². The van der Waals surface area contributed by atoms with Crippen LogP contribution in [0.2, 0.25) is 0 Å². The van der Waals surface area contributed by atoms with E-state index in [0.29, 0.717) is 29.5 Å².